The number of hydrogen-bond donors (Lipinski definition) is 1. The minimum absolute atomic E-state index is 0.00391. The Hall–Kier alpha value is -0.130. The second-order valence-corrected chi connectivity index (χ2v) is 6.57. The summed E-state index contributed by atoms with van der Waals surface area (Å²) < 4.78 is 27.5. The number of sulfonamides is 1. The number of rotatable bonds is 6. The fraction of sp³-hybridized carbons (Fsp3) is 1.00. The number of ether oxygens (including phenoxy) is 1. The maximum atomic E-state index is 11.0. The van der Waals surface area contributed by atoms with Crippen LogP contribution >= 0.6 is 0 Å². The summed E-state index contributed by atoms with van der Waals surface area (Å²) in [6.07, 6.45) is 1.76. The molecule has 0 radical (unpaired) electrons. The van der Waals surface area contributed by atoms with Crippen molar-refractivity contribution in [2.24, 2.45) is 11.1 Å². The van der Waals surface area contributed by atoms with E-state index in [2.05, 4.69) is 0 Å². The van der Waals surface area contributed by atoms with Crippen LogP contribution in [0.5, 0.6) is 0 Å². The van der Waals surface area contributed by atoms with E-state index in [1.54, 1.807) is 0 Å². The van der Waals surface area contributed by atoms with Gasteiger partial charge in [-0.3, -0.25) is 0 Å². The zero-order valence-corrected chi connectivity index (χ0v) is 10.9. The molecule has 1 unspecified atom stereocenters. The van der Waals surface area contributed by atoms with Gasteiger partial charge in [0.15, 0.2) is 0 Å². The van der Waals surface area contributed by atoms with Crippen LogP contribution in [0, 0.1) is 5.92 Å². The molecule has 92 valence electrons. The van der Waals surface area contributed by atoms with Crippen LogP contribution < -0.4 is 5.14 Å². The molecule has 2 N–H and O–H groups in total. The van der Waals surface area contributed by atoms with Crippen molar-refractivity contribution >= 4 is 10.0 Å². The predicted molar refractivity (Wildman–Crippen MR) is 62.1 cm³/mol. The molecule has 0 rings (SSSR count). The number of hydrogen-bond acceptors (Lipinski definition) is 3. The summed E-state index contributed by atoms with van der Waals surface area (Å²) >= 11 is 0. The molecule has 1 atom stereocenters. The van der Waals surface area contributed by atoms with Crippen molar-refractivity contribution in [2.75, 3.05) is 12.4 Å². The van der Waals surface area contributed by atoms with Gasteiger partial charge in [0.2, 0.25) is 10.0 Å². The molecule has 0 saturated carbocycles. The Morgan fingerprint density at radius 1 is 1.33 bits per heavy atom. The summed E-state index contributed by atoms with van der Waals surface area (Å²) in [5.74, 6) is 0.0147. The molecular weight excluding hydrogens is 214 g/mol. The second kappa shape index (κ2) is 5.82. The van der Waals surface area contributed by atoms with Crippen molar-refractivity contribution in [3.63, 3.8) is 0 Å². The van der Waals surface area contributed by atoms with Crippen LogP contribution in [0.2, 0.25) is 0 Å². The molecule has 0 spiro atoms. The molecule has 0 aromatic carbocycles. The summed E-state index contributed by atoms with van der Waals surface area (Å²) in [7, 11) is -3.39. The number of nitrogens with two attached hydrogens (primary N) is 1. The summed E-state index contributed by atoms with van der Waals surface area (Å²) in [5.41, 5.74) is -0.232. The summed E-state index contributed by atoms with van der Waals surface area (Å²) in [4.78, 5) is 0. The van der Waals surface area contributed by atoms with Crippen LogP contribution in [0.3, 0.4) is 0 Å². The molecule has 15 heavy (non-hydrogen) atoms. The van der Waals surface area contributed by atoms with Gasteiger partial charge in [0.1, 0.15) is 0 Å². The molecular formula is C10H23NO3S. The average Bonchev–Trinajstić information content (AvgIpc) is 1.96. The first-order valence-corrected chi connectivity index (χ1v) is 7.00. The molecule has 0 fully saturated rings. The molecule has 0 aliphatic carbocycles. The normalized spacial score (nSPS) is 15.3. The molecule has 0 aliphatic heterocycles. The van der Waals surface area contributed by atoms with E-state index in [-0.39, 0.29) is 17.3 Å². The SMILES string of the molecule is CCCC(COC(C)(C)C)CS(N)(=O)=O. The Morgan fingerprint density at radius 3 is 2.20 bits per heavy atom. The van der Waals surface area contributed by atoms with E-state index in [9.17, 15) is 8.42 Å². The maximum absolute atomic E-state index is 11.0. The van der Waals surface area contributed by atoms with Crippen molar-refractivity contribution < 1.29 is 13.2 Å². The van der Waals surface area contributed by atoms with Crippen molar-refractivity contribution in [2.45, 2.75) is 46.1 Å². The Morgan fingerprint density at radius 2 is 1.87 bits per heavy atom. The van der Waals surface area contributed by atoms with Crippen LogP contribution in [0.15, 0.2) is 0 Å². The molecule has 0 aliphatic rings. The van der Waals surface area contributed by atoms with Crippen LogP contribution in [0.4, 0.5) is 0 Å². The molecule has 0 aromatic heterocycles. The van der Waals surface area contributed by atoms with E-state index >= 15 is 0 Å². The average molecular weight is 237 g/mol. The summed E-state index contributed by atoms with van der Waals surface area (Å²) in [5, 5.41) is 5.02. The van der Waals surface area contributed by atoms with Gasteiger partial charge in [-0.15, -0.1) is 0 Å². The van der Waals surface area contributed by atoms with Crippen molar-refractivity contribution in [3.8, 4) is 0 Å². The minimum atomic E-state index is -3.39. The lowest BCUT2D eigenvalue weighted by Crippen LogP contribution is -2.29. The molecule has 0 amide bonds. The van der Waals surface area contributed by atoms with Crippen LogP contribution in [0.1, 0.15) is 40.5 Å². The lowest BCUT2D eigenvalue weighted by Gasteiger charge is -2.23. The van der Waals surface area contributed by atoms with Gasteiger partial charge >= 0.3 is 0 Å². The van der Waals surface area contributed by atoms with Crippen LogP contribution in [-0.4, -0.2) is 26.4 Å². The van der Waals surface area contributed by atoms with Gasteiger partial charge in [0, 0.05) is 0 Å². The first-order valence-electron chi connectivity index (χ1n) is 5.28. The van der Waals surface area contributed by atoms with Gasteiger partial charge < -0.3 is 4.74 Å². The fourth-order valence-electron chi connectivity index (χ4n) is 1.32. The van der Waals surface area contributed by atoms with Crippen LogP contribution in [0.25, 0.3) is 0 Å². The molecule has 0 aromatic rings. The minimum Gasteiger partial charge on any atom is -0.376 e. The summed E-state index contributed by atoms with van der Waals surface area (Å²) in [6.45, 7) is 8.33. The lowest BCUT2D eigenvalue weighted by atomic mass is 10.1. The van der Waals surface area contributed by atoms with Crippen LogP contribution in [-0.2, 0) is 14.8 Å². The fourth-order valence-corrected chi connectivity index (χ4v) is 2.24. The highest BCUT2D eigenvalue weighted by Crippen LogP contribution is 2.14. The molecule has 0 saturated heterocycles. The molecule has 5 heteroatoms. The topological polar surface area (TPSA) is 69.4 Å². The Balaban J connectivity index is 4.17. The van der Waals surface area contributed by atoms with E-state index in [0.29, 0.717) is 6.61 Å². The number of primary sulfonamides is 1. The smallest absolute Gasteiger partial charge is 0.209 e. The first kappa shape index (κ1) is 14.9. The Bertz CT molecular complexity index is 267. The van der Waals surface area contributed by atoms with E-state index in [4.69, 9.17) is 9.88 Å². The third kappa shape index (κ3) is 10.2. The third-order valence-corrected chi connectivity index (χ3v) is 2.85. The van der Waals surface area contributed by atoms with Gasteiger partial charge in [0.05, 0.1) is 18.0 Å². The highest BCUT2D eigenvalue weighted by molar-refractivity contribution is 7.89. The van der Waals surface area contributed by atoms with Crippen molar-refractivity contribution in [3.05, 3.63) is 0 Å². The Kier molecular flexibility index (Phi) is 5.77. The largest absolute Gasteiger partial charge is 0.376 e. The van der Waals surface area contributed by atoms with E-state index in [0.717, 1.165) is 12.8 Å². The van der Waals surface area contributed by atoms with Crippen molar-refractivity contribution in [1.29, 1.82) is 0 Å². The highest BCUT2D eigenvalue weighted by Gasteiger charge is 2.18. The second-order valence-electron chi connectivity index (χ2n) is 4.91. The summed E-state index contributed by atoms with van der Waals surface area (Å²) in [6, 6.07) is 0. The predicted octanol–water partition coefficient (Wildman–Crippen LogP) is 1.51. The van der Waals surface area contributed by atoms with Gasteiger partial charge in [-0.05, 0) is 33.1 Å². The monoisotopic (exact) mass is 237 g/mol. The third-order valence-electron chi connectivity index (χ3n) is 1.92. The molecule has 4 nitrogen and oxygen atoms in total. The first-order chi connectivity index (χ1) is 6.64. The van der Waals surface area contributed by atoms with Gasteiger partial charge in [0.25, 0.3) is 0 Å². The zero-order valence-electron chi connectivity index (χ0n) is 10.1. The lowest BCUT2D eigenvalue weighted by molar-refractivity contribution is -0.0201. The van der Waals surface area contributed by atoms with E-state index in [1.165, 1.54) is 0 Å². The quantitative estimate of drug-likeness (QED) is 0.761. The zero-order chi connectivity index (χ0) is 12.1. The maximum Gasteiger partial charge on any atom is 0.209 e. The molecule has 0 heterocycles. The van der Waals surface area contributed by atoms with Gasteiger partial charge in [-0.2, -0.15) is 0 Å². The standard InChI is InChI=1S/C10H23NO3S/c1-5-6-9(8-15(11,12)13)7-14-10(2,3)4/h9H,5-8H2,1-4H3,(H2,11,12,13). The van der Waals surface area contributed by atoms with Crippen molar-refractivity contribution in [1.82, 2.24) is 0 Å². The van der Waals surface area contributed by atoms with E-state index in [1.807, 2.05) is 27.7 Å². The Labute approximate surface area is 93.2 Å². The van der Waals surface area contributed by atoms with E-state index < -0.39 is 10.0 Å². The van der Waals surface area contributed by atoms with Gasteiger partial charge in [-0.25, -0.2) is 13.6 Å². The molecule has 0 bridgehead atoms. The highest BCUT2D eigenvalue weighted by atomic mass is 32.2. The van der Waals surface area contributed by atoms with Gasteiger partial charge in [-0.1, -0.05) is 13.3 Å².